The fraction of sp³-hybridized carbons (Fsp3) is 0.211. The van der Waals surface area contributed by atoms with E-state index in [-0.39, 0.29) is 6.41 Å². The second-order valence-electron chi connectivity index (χ2n) is 5.66. The minimum atomic E-state index is 0.250. The van der Waals surface area contributed by atoms with Crippen LogP contribution in [-0.4, -0.2) is 16.2 Å². The van der Waals surface area contributed by atoms with Gasteiger partial charge in [-0.1, -0.05) is 17.7 Å². The van der Waals surface area contributed by atoms with Crippen LogP contribution in [0.5, 0.6) is 0 Å². The molecular weight excluding hydrogens is 352 g/mol. The predicted molar refractivity (Wildman–Crippen MR) is 99.7 cm³/mol. The second-order valence-corrected chi connectivity index (χ2v) is 6.07. The van der Waals surface area contributed by atoms with Crippen molar-refractivity contribution in [2.45, 2.75) is 27.3 Å². The maximum Gasteiger partial charge on any atom is 0.204 e. The van der Waals surface area contributed by atoms with E-state index in [1.54, 1.807) is 6.07 Å². The van der Waals surface area contributed by atoms with Gasteiger partial charge in [0.25, 0.3) is 0 Å². The number of nitriles is 1. The summed E-state index contributed by atoms with van der Waals surface area (Å²) < 4.78 is 7.55. The van der Waals surface area contributed by atoms with Gasteiger partial charge in [-0.2, -0.15) is 10.4 Å². The van der Waals surface area contributed by atoms with Gasteiger partial charge in [-0.05, 0) is 50.6 Å². The maximum absolute atomic E-state index is 9.00. The van der Waals surface area contributed by atoms with Crippen molar-refractivity contribution in [3.63, 3.8) is 0 Å². The van der Waals surface area contributed by atoms with Crippen LogP contribution in [-0.2, 0) is 11.3 Å². The van der Waals surface area contributed by atoms with Crippen LogP contribution in [0, 0.1) is 32.1 Å². The maximum atomic E-state index is 9.00. The molecule has 0 bridgehead atoms. The number of benzene rings is 1. The van der Waals surface area contributed by atoms with Gasteiger partial charge in [0.1, 0.15) is 17.6 Å². The topological polar surface area (TPSA) is 97.8 Å². The van der Waals surface area contributed by atoms with Crippen LogP contribution in [0.25, 0.3) is 11.1 Å². The summed E-state index contributed by atoms with van der Waals surface area (Å²) in [5, 5.41) is 14.1. The molecule has 134 valence electrons. The minimum Gasteiger partial charge on any atom is -0.464 e. The van der Waals surface area contributed by atoms with Crippen molar-refractivity contribution in [1.82, 2.24) is 9.78 Å². The zero-order valence-corrected chi connectivity index (χ0v) is 15.5. The van der Waals surface area contributed by atoms with Gasteiger partial charge in [0.15, 0.2) is 0 Å². The van der Waals surface area contributed by atoms with E-state index in [2.05, 4.69) is 16.9 Å². The van der Waals surface area contributed by atoms with E-state index in [0.29, 0.717) is 17.1 Å². The van der Waals surface area contributed by atoms with Crippen molar-refractivity contribution in [1.29, 1.82) is 5.26 Å². The van der Waals surface area contributed by atoms with Crippen LogP contribution in [0.4, 0.5) is 0 Å². The summed E-state index contributed by atoms with van der Waals surface area (Å²) in [5.74, 6) is 1.76. The van der Waals surface area contributed by atoms with Crippen molar-refractivity contribution in [3.8, 4) is 17.2 Å². The Morgan fingerprint density at radius 1 is 1.31 bits per heavy atom. The Labute approximate surface area is 156 Å². The average molecular weight is 371 g/mol. The Kier molecular flexibility index (Phi) is 6.21. The lowest BCUT2D eigenvalue weighted by atomic mass is 10.0. The summed E-state index contributed by atoms with van der Waals surface area (Å²) in [6.07, 6.45) is 0.250. The van der Waals surface area contributed by atoms with Crippen LogP contribution in [0.15, 0.2) is 34.7 Å². The smallest absolute Gasteiger partial charge is 0.204 e. The molecular formula is C19H19ClN4O2. The lowest BCUT2D eigenvalue weighted by Crippen LogP contribution is -2.03. The molecule has 3 rings (SSSR count). The third-order valence-electron chi connectivity index (χ3n) is 3.86. The quantitative estimate of drug-likeness (QED) is 0.710. The Hall–Kier alpha value is -3.04. The van der Waals surface area contributed by atoms with Crippen molar-refractivity contribution in [2.24, 2.45) is 5.73 Å². The zero-order valence-electron chi connectivity index (χ0n) is 14.8. The standard InChI is InChI=1S/C18H16ClN3O.CH3NO/c1-11-4-7-16(23-11)10-22-13(3)18(12(2)21-22)14-5-6-15(9-20)17(19)8-14;2-1-3/h4-8H,10H2,1-3H3;1H,(H2,2,3). The van der Waals surface area contributed by atoms with Gasteiger partial charge in [-0.25, -0.2) is 0 Å². The molecule has 7 heteroatoms. The lowest BCUT2D eigenvalue weighted by Gasteiger charge is -2.05. The largest absolute Gasteiger partial charge is 0.464 e. The van der Waals surface area contributed by atoms with E-state index >= 15 is 0 Å². The van der Waals surface area contributed by atoms with Crippen LogP contribution in [0.3, 0.4) is 0 Å². The molecule has 0 aliphatic heterocycles. The summed E-state index contributed by atoms with van der Waals surface area (Å²) in [7, 11) is 0. The Balaban J connectivity index is 0.000000758. The molecule has 0 saturated carbocycles. The fourth-order valence-corrected chi connectivity index (χ4v) is 2.97. The third kappa shape index (κ3) is 4.13. The van der Waals surface area contributed by atoms with Gasteiger partial charge in [0, 0.05) is 11.3 Å². The molecule has 0 unspecified atom stereocenters. The lowest BCUT2D eigenvalue weighted by molar-refractivity contribution is -0.106. The molecule has 6 nitrogen and oxygen atoms in total. The Morgan fingerprint density at radius 3 is 2.54 bits per heavy atom. The highest BCUT2D eigenvalue weighted by Gasteiger charge is 2.15. The Bertz CT molecular complexity index is 967. The van der Waals surface area contributed by atoms with E-state index in [1.165, 1.54) is 0 Å². The molecule has 2 N–H and O–H groups in total. The molecule has 1 aromatic carbocycles. The number of halogens is 1. The van der Waals surface area contributed by atoms with Gasteiger partial charge in [-0.15, -0.1) is 0 Å². The number of carbonyl (C=O) groups is 1. The van der Waals surface area contributed by atoms with Crippen molar-refractivity contribution in [3.05, 3.63) is 63.8 Å². The monoisotopic (exact) mass is 370 g/mol. The van der Waals surface area contributed by atoms with Crippen LogP contribution in [0.2, 0.25) is 5.02 Å². The molecule has 26 heavy (non-hydrogen) atoms. The van der Waals surface area contributed by atoms with Crippen molar-refractivity contribution >= 4 is 18.0 Å². The number of carbonyl (C=O) groups excluding carboxylic acids is 1. The first-order valence-electron chi connectivity index (χ1n) is 7.86. The molecule has 2 heterocycles. The number of primary amides is 1. The Morgan fingerprint density at radius 2 is 2.00 bits per heavy atom. The molecule has 3 aromatic rings. The number of aryl methyl sites for hydroxylation is 2. The molecule has 0 radical (unpaired) electrons. The van der Waals surface area contributed by atoms with E-state index in [4.69, 9.17) is 26.1 Å². The average Bonchev–Trinajstić information content (AvgIpc) is 3.11. The van der Waals surface area contributed by atoms with Gasteiger partial charge < -0.3 is 10.2 Å². The fourth-order valence-electron chi connectivity index (χ4n) is 2.75. The molecule has 0 atom stereocenters. The van der Waals surface area contributed by atoms with Crippen LogP contribution < -0.4 is 5.73 Å². The number of furan rings is 1. The predicted octanol–water partition coefficient (Wildman–Crippen LogP) is 3.74. The van der Waals surface area contributed by atoms with Gasteiger partial charge in [0.2, 0.25) is 6.41 Å². The molecule has 0 saturated heterocycles. The molecule has 0 fully saturated rings. The highest BCUT2D eigenvalue weighted by atomic mass is 35.5. The first-order valence-corrected chi connectivity index (χ1v) is 8.23. The molecule has 2 aromatic heterocycles. The first-order chi connectivity index (χ1) is 12.4. The van der Waals surface area contributed by atoms with Crippen LogP contribution >= 0.6 is 11.6 Å². The number of amides is 1. The number of nitrogens with two attached hydrogens (primary N) is 1. The molecule has 0 aliphatic rings. The number of nitrogens with zero attached hydrogens (tertiary/aromatic N) is 3. The van der Waals surface area contributed by atoms with Crippen LogP contribution in [0.1, 0.15) is 28.5 Å². The normalized spacial score (nSPS) is 9.96. The zero-order chi connectivity index (χ0) is 19.3. The summed E-state index contributed by atoms with van der Waals surface area (Å²) in [6, 6.07) is 11.5. The van der Waals surface area contributed by atoms with E-state index in [0.717, 1.165) is 34.0 Å². The summed E-state index contributed by atoms with van der Waals surface area (Å²) in [6.45, 7) is 6.51. The van der Waals surface area contributed by atoms with E-state index < -0.39 is 0 Å². The summed E-state index contributed by atoms with van der Waals surface area (Å²) in [5.41, 5.74) is 8.61. The van der Waals surface area contributed by atoms with E-state index in [1.807, 2.05) is 49.7 Å². The molecule has 0 aliphatic carbocycles. The summed E-state index contributed by atoms with van der Waals surface area (Å²) in [4.78, 5) is 8.58. The molecule has 1 amide bonds. The van der Waals surface area contributed by atoms with Gasteiger partial charge in [0.05, 0.1) is 22.8 Å². The highest BCUT2D eigenvalue weighted by Crippen LogP contribution is 2.30. The number of hydrogen-bond acceptors (Lipinski definition) is 4. The first kappa shape index (κ1) is 19.3. The second kappa shape index (κ2) is 8.37. The third-order valence-corrected chi connectivity index (χ3v) is 4.17. The van der Waals surface area contributed by atoms with Gasteiger partial charge >= 0.3 is 0 Å². The SMILES string of the molecule is Cc1ccc(Cn2nc(C)c(-c3ccc(C#N)c(Cl)c3)c2C)o1.NC=O. The minimum absolute atomic E-state index is 0.250. The number of aromatic nitrogens is 2. The van der Waals surface area contributed by atoms with Crippen molar-refractivity contribution < 1.29 is 9.21 Å². The van der Waals surface area contributed by atoms with Gasteiger partial charge in [-0.3, -0.25) is 9.48 Å². The number of hydrogen-bond donors (Lipinski definition) is 1. The highest BCUT2D eigenvalue weighted by molar-refractivity contribution is 6.32. The summed E-state index contributed by atoms with van der Waals surface area (Å²) >= 11 is 6.16. The number of rotatable bonds is 3. The van der Waals surface area contributed by atoms with Crippen molar-refractivity contribution in [2.75, 3.05) is 0 Å². The molecule has 0 spiro atoms. The van der Waals surface area contributed by atoms with E-state index in [9.17, 15) is 0 Å².